The molecular formula is C19H20N4OS. The Morgan fingerprint density at radius 3 is 2.56 bits per heavy atom. The Hall–Kier alpha value is -2.60. The zero-order valence-corrected chi connectivity index (χ0v) is 14.9. The van der Waals surface area contributed by atoms with Crippen molar-refractivity contribution in [2.24, 2.45) is 0 Å². The van der Waals surface area contributed by atoms with Gasteiger partial charge in [0.05, 0.1) is 0 Å². The third kappa shape index (κ3) is 3.17. The molecule has 0 N–H and O–H groups in total. The van der Waals surface area contributed by atoms with Crippen LogP contribution in [0.25, 0.3) is 5.69 Å². The molecule has 1 aliphatic heterocycles. The van der Waals surface area contributed by atoms with Crippen molar-refractivity contribution in [2.45, 2.75) is 6.92 Å². The quantitative estimate of drug-likeness (QED) is 0.727. The van der Waals surface area contributed by atoms with Crippen LogP contribution in [0.4, 0.5) is 5.13 Å². The van der Waals surface area contributed by atoms with Crippen LogP contribution < -0.4 is 4.90 Å². The minimum absolute atomic E-state index is 0.104. The summed E-state index contributed by atoms with van der Waals surface area (Å²) in [5.74, 6) is 0.104. The summed E-state index contributed by atoms with van der Waals surface area (Å²) in [4.78, 5) is 21.5. The molecule has 1 aliphatic rings. The smallest absolute Gasteiger partial charge is 0.254 e. The number of piperazine rings is 1. The van der Waals surface area contributed by atoms with Crippen LogP contribution in [0.15, 0.2) is 54.3 Å². The van der Waals surface area contributed by atoms with Crippen molar-refractivity contribution in [3.05, 3.63) is 65.4 Å². The van der Waals surface area contributed by atoms with Crippen LogP contribution in [0, 0.1) is 6.92 Å². The third-order valence-electron chi connectivity index (χ3n) is 4.60. The predicted molar refractivity (Wildman–Crippen MR) is 101 cm³/mol. The molecule has 6 heteroatoms. The van der Waals surface area contributed by atoms with Crippen LogP contribution in [0.2, 0.25) is 0 Å². The van der Waals surface area contributed by atoms with Gasteiger partial charge in [0.1, 0.15) is 0 Å². The largest absolute Gasteiger partial charge is 0.345 e. The fourth-order valence-corrected chi connectivity index (χ4v) is 3.87. The van der Waals surface area contributed by atoms with E-state index in [1.165, 1.54) is 0 Å². The number of nitrogens with zero attached hydrogens (tertiary/aromatic N) is 4. The number of carbonyl (C=O) groups is 1. The molecule has 4 rings (SSSR count). The number of carbonyl (C=O) groups excluding carboxylic acids is 1. The first kappa shape index (κ1) is 15.9. The molecule has 0 radical (unpaired) electrons. The van der Waals surface area contributed by atoms with Crippen molar-refractivity contribution in [3.8, 4) is 5.69 Å². The van der Waals surface area contributed by atoms with Crippen LogP contribution in [-0.4, -0.2) is 46.5 Å². The molecular weight excluding hydrogens is 332 g/mol. The Bertz CT molecular complexity index is 850. The Balaban J connectivity index is 1.49. The van der Waals surface area contributed by atoms with Crippen LogP contribution in [-0.2, 0) is 0 Å². The molecule has 0 aliphatic carbocycles. The minimum Gasteiger partial charge on any atom is -0.345 e. The number of hydrogen-bond acceptors (Lipinski definition) is 4. The second-order valence-electron chi connectivity index (χ2n) is 6.19. The summed E-state index contributed by atoms with van der Waals surface area (Å²) in [6, 6.07) is 9.93. The van der Waals surface area contributed by atoms with Gasteiger partial charge < -0.3 is 14.4 Å². The number of amides is 1. The van der Waals surface area contributed by atoms with Gasteiger partial charge in [-0.1, -0.05) is 6.07 Å². The minimum atomic E-state index is 0.104. The lowest BCUT2D eigenvalue weighted by molar-refractivity contribution is 0.0746. The van der Waals surface area contributed by atoms with Crippen molar-refractivity contribution < 1.29 is 4.79 Å². The highest BCUT2D eigenvalue weighted by Crippen LogP contribution is 2.21. The summed E-state index contributed by atoms with van der Waals surface area (Å²) in [6.45, 7) is 5.18. The number of aryl methyl sites for hydroxylation is 1. The highest BCUT2D eigenvalue weighted by atomic mass is 32.1. The molecule has 1 saturated heterocycles. The molecule has 128 valence electrons. The van der Waals surface area contributed by atoms with E-state index >= 15 is 0 Å². The van der Waals surface area contributed by atoms with Gasteiger partial charge in [0.2, 0.25) is 0 Å². The first-order valence-corrected chi connectivity index (χ1v) is 9.28. The summed E-state index contributed by atoms with van der Waals surface area (Å²) < 4.78 is 2.05. The van der Waals surface area contributed by atoms with Crippen LogP contribution in [0.5, 0.6) is 0 Å². The molecule has 1 fully saturated rings. The number of benzene rings is 1. The third-order valence-corrected chi connectivity index (χ3v) is 5.43. The Labute approximate surface area is 151 Å². The van der Waals surface area contributed by atoms with E-state index in [4.69, 9.17) is 0 Å². The van der Waals surface area contributed by atoms with Crippen LogP contribution in [0.1, 0.15) is 15.9 Å². The SMILES string of the molecule is Cc1ccc(C(=O)N2CCN(c3nccs3)CC2)cc1-n1cccc1. The second-order valence-corrected chi connectivity index (χ2v) is 7.06. The van der Waals surface area contributed by atoms with E-state index in [-0.39, 0.29) is 5.91 Å². The van der Waals surface area contributed by atoms with Crippen molar-refractivity contribution in [2.75, 3.05) is 31.1 Å². The fraction of sp³-hybridized carbons (Fsp3) is 0.263. The van der Waals surface area contributed by atoms with Gasteiger partial charge in [0, 0.05) is 61.4 Å². The number of hydrogen-bond donors (Lipinski definition) is 0. The van der Waals surface area contributed by atoms with Crippen molar-refractivity contribution in [1.29, 1.82) is 0 Å². The lowest BCUT2D eigenvalue weighted by Gasteiger charge is -2.34. The lowest BCUT2D eigenvalue weighted by Crippen LogP contribution is -2.48. The van der Waals surface area contributed by atoms with Gasteiger partial charge in [0.25, 0.3) is 5.91 Å². The van der Waals surface area contributed by atoms with Crippen molar-refractivity contribution >= 4 is 22.4 Å². The lowest BCUT2D eigenvalue weighted by atomic mass is 10.1. The average molecular weight is 352 g/mol. The van der Waals surface area contributed by atoms with Gasteiger partial charge in [0.15, 0.2) is 5.13 Å². The molecule has 1 amide bonds. The fourth-order valence-electron chi connectivity index (χ4n) is 3.17. The molecule has 3 aromatic rings. The molecule has 1 aromatic carbocycles. The standard InChI is InChI=1S/C19H20N4OS/c1-15-4-5-16(14-17(15)21-7-2-3-8-21)18(24)22-9-11-23(12-10-22)19-20-6-13-25-19/h2-8,13-14H,9-12H2,1H3. The first-order chi connectivity index (χ1) is 12.2. The van der Waals surface area contributed by atoms with Gasteiger partial charge in [-0.3, -0.25) is 4.79 Å². The number of thiazole rings is 1. The molecule has 0 unspecified atom stereocenters. The Morgan fingerprint density at radius 1 is 1.12 bits per heavy atom. The van der Waals surface area contributed by atoms with E-state index in [2.05, 4.69) is 16.8 Å². The zero-order valence-electron chi connectivity index (χ0n) is 14.1. The maximum atomic E-state index is 12.9. The maximum Gasteiger partial charge on any atom is 0.254 e. The predicted octanol–water partition coefficient (Wildman–Crippen LogP) is 3.20. The maximum absolute atomic E-state index is 12.9. The topological polar surface area (TPSA) is 41.4 Å². The van der Waals surface area contributed by atoms with Crippen molar-refractivity contribution in [1.82, 2.24) is 14.5 Å². The highest BCUT2D eigenvalue weighted by Gasteiger charge is 2.23. The van der Waals surface area contributed by atoms with Crippen molar-refractivity contribution in [3.63, 3.8) is 0 Å². The van der Waals surface area contributed by atoms with Crippen LogP contribution >= 0.6 is 11.3 Å². The van der Waals surface area contributed by atoms with Gasteiger partial charge >= 0.3 is 0 Å². The zero-order chi connectivity index (χ0) is 17.2. The van der Waals surface area contributed by atoms with E-state index < -0.39 is 0 Å². The summed E-state index contributed by atoms with van der Waals surface area (Å²) in [6.07, 6.45) is 5.83. The van der Waals surface area contributed by atoms with E-state index in [9.17, 15) is 4.79 Å². The monoisotopic (exact) mass is 352 g/mol. The summed E-state index contributed by atoms with van der Waals surface area (Å²) in [7, 11) is 0. The molecule has 0 atom stereocenters. The summed E-state index contributed by atoms with van der Waals surface area (Å²) in [5, 5.41) is 3.03. The van der Waals surface area contributed by atoms with E-state index in [0.717, 1.165) is 48.1 Å². The summed E-state index contributed by atoms with van der Waals surface area (Å²) in [5.41, 5.74) is 2.95. The molecule has 2 aromatic heterocycles. The van der Waals surface area contributed by atoms with E-state index in [1.807, 2.05) is 63.8 Å². The molecule has 3 heterocycles. The average Bonchev–Trinajstić information content (AvgIpc) is 3.35. The number of anilines is 1. The highest BCUT2D eigenvalue weighted by molar-refractivity contribution is 7.13. The van der Waals surface area contributed by atoms with Gasteiger partial charge in [-0.25, -0.2) is 4.98 Å². The number of rotatable bonds is 3. The molecule has 25 heavy (non-hydrogen) atoms. The van der Waals surface area contributed by atoms with E-state index in [0.29, 0.717) is 0 Å². The Morgan fingerprint density at radius 2 is 1.88 bits per heavy atom. The normalized spacial score (nSPS) is 14.8. The Kier molecular flexibility index (Phi) is 4.28. The molecule has 0 spiro atoms. The van der Waals surface area contributed by atoms with Gasteiger partial charge in [-0.15, -0.1) is 11.3 Å². The first-order valence-electron chi connectivity index (χ1n) is 8.40. The molecule has 0 saturated carbocycles. The van der Waals surface area contributed by atoms with Gasteiger partial charge in [-0.2, -0.15) is 0 Å². The van der Waals surface area contributed by atoms with Crippen LogP contribution in [0.3, 0.4) is 0 Å². The van der Waals surface area contributed by atoms with Gasteiger partial charge in [-0.05, 0) is 36.8 Å². The summed E-state index contributed by atoms with van der Waals surface area (Å²) >= 11 is 1.65. The van der Waals surface area contributed by atoms with E-state index in [1.54, 1.807) is 11.3 Å². The number of aromatic nitrogens is 2. The molecule has 0 bridgehead atoms. The second kappa shape index (κ2) is 6.72. The molecule has 5 nitrogen and oxygen atoms in total.